The van der Waals surface area contributed by atoms with E-state index in [1.807, 2.05) is 30.3 Å². The number of unbranched alkanes of at least 4 members (excludes halogenated alkanes) is 3. The minimum Gasteiger partial charge on any atom is -0.351 e. The number of amides is 2. The highest BCUT2D eigenvalue weighted by Crippen LogP contribution is 2.19. The molecule has 0 bridgehead atoms. The first kappa shape index (κ1) is 16.2. The molecule has 0 fully saturated rings. The molecule has 0 saturated carbocycles. The first-order chi connectivity index (χ1) is 10.7. The lowest BCUT2D eigenvalue weighted by Gasteiger charge is -2.23. The van der Waals surface area contributed by atoms with Crippen molar-refractivity contribution in [3.63, 3.8) is 0 Å². The van der Waals surface area contributed by atoms with E-state index in [0.29, 0.717) is 30.8 Å². The average molecular weight is 301 g/mol. The minimum atomic E-state index is -0.162. The fourth-order valence-electron chi connectivity index (χ4n) is 2.34. The molecule has 2 rings (SSSR count). The average Bonchev–Trinajstić information content (AvgIpc) is 2.55. The van der Waals surface area contributed by atoms with Crippen LogP contribution in [-0.4, -0.2) is 24.1 Å². The maximum atomic E-state index is 12.1. The molecule has 0 saturated heterocycles. The van der Waals surface area contributed by atoms with Crippen molar-refractivity contribution in [1.29, 1.82) is 0 Å². The molecule has 1 aliphatic rings. The number of nitrogens with zero attached hydrogens (tertiary/aromatic N) is 2. The number of hydrogen-bond donors (Lipinski definition) is 1. The summed E-state index contributed by atoms with van der Waals surface area (Å²) in [6, 6.07) is 9.20. The highest BCUT2D eigenvalue weighted by Gasteiger charge is 2.25. The Kier molecular flexibility index (Phi) is 6.13. The molecule has 1 aromatic carbocycles. The standard InChI is InChI=1S/C17H23N3O2/c1-2-3-4-8-13-18-17(22)15-11-12-16(21)20(19-15)14-9-6-5-7-10-14/h5-7,9-10H,2-4,8,11-13H2,1H3,(H,18,22). The van der Waals surface area contributed by atoms with Crippen molar-refractivity contribution in [1.82, 2.24) is 5.32 Å². The van der Waals surface area contributed by atoms with Gasteiger partial charge in [-0.05, 0) is 18.6 Å². The second-order valence-electron chi connectivity index (χ2n) is 5.40. The van der Waals surface area contributed by atoms with Crippen LogP contribution in [0.4, 0.5) is 5.69 Å². The van der Waals surface area contributed by atoms with E-state index < -0.39 is 0 Å². The van der Waals surface area contributed by atoms with Crippen LogP contribution in [0.15, 0.2) is 35.4 Å². The molecule has 1 heterocycles. The molecule has 22 heavy (non-hydrogen) atoms. The Morgan fingerprint density at radius 3 is 2.68 bits per heavy atom. The van der Waals surface area contributed by atoms with Gasteiger partial charge in [-0.25, -0.2) is 5.01 Å². The molecule has 0 radical (unpaired) electrons. The van der Waals surface area contributed by atoms with Gasteiger partial charge in [-0.2, -0.15) is 5.10 Å². The number of rotatable bonds is 7. The number of para-hydroxylation sites is 1. The van der Waals surface area contributed by atoms with Crippen molar-refractivity contribution in [3.05, 3.63) is 30.3 Å². The van der Waals surface area contributed by atoms with Crippen molar-refractivity contribution in [2.24, 2.45) is 5.10 Å². The third kappa shape index (κ3) is 4.41. The summed E-state index contributed by atoms with van der Waals surface area (Å²) >= 11 is 0. The predicted octanol–water partition coefficient (Wildman–Crippen LogP) is 2.87. The van der Waals surface area contributed by atoms with Crippen molar-refractivity contribution >= 4 is 23.2 Å². The summed E-state index contributed by atoms with van der Waals surface area (Å²) in [5.41, 5.74) is 1.12. The first-order valence-corrected chi connectivity index (χ1v) is 7.96. The predicted molar refractivity (Wildman–Crippen MR) is 87.7 cm³/mol. The zero-order valence-electron chi connectivity index (χ0n) is 13.0. The number of benzene rings is 1. The van der Waals surface area contributed by atoms with Gasteiger partial charge in [0, 0.05) is 19.4 Å². The first-order valence-electron chi connectivity index (χ1n) is 7.96. The Bertz CT molecular complexity index is 540. The third-order valence-electron chi connectivity index (χ3n) is 3.61. The minimum absolute atomic E-state index is 0.0781. The van der Waals surface area contributed by atoms with Crippen LogP contribution in [0.1, 0.15) is 45.4 Å². The molecule has 0 atom stereocenters. The number of carbonyl (C=O) groups excluding carboxylic acids is 2. The Hall–Kier alpha value is -2.17. The van der Waals surface area contributed by atoms with Gasteiger partial charge in [0.05, 0.1) is 5.69 Å². The highest BCUT2D eigenvalue weighted by atomic mass is 16.2. The second kappa shape index (κ2) is 8.32. The van der Waals surface area contributed by atoms with E-state index in [1.165, 1.54) is 17.9 Å². The van der Waals surface area contributed by atoms with E-state index >= 15 is 0 Å². The van der Waals surface area contributed by atoms with Crippen LogP contribution in [0.2, 0.25) is 0 Å². The van der Waals surface area contributed by atoms with Gasteiger partial charge in [0.2, 0.25) is 5.91 Å². The Morgan fingerprint density at radius 1 is 1.18 bits per heavy atom. The van der Waals surface area contributed by atoms with Crippen molar-refractivity contribution in [2.75, 3.05) is 11.6 Å². The summed E-state index contributed by atoms with van der Waals surface area (Å²) < 4.78 is 0. The molecule has 0 unspecified atom stereocenters. The zero-order chi connectivity index (χ0) is 15.8. The monoisotopic (exact) mass is 301 g/mol. The van der Waals surface area contributed by atoms with Gasteiger partial charge in [0.25, 0.3) is 5.91 Å². The van der Waals surface area contributed by atoms with Crippen molar-refractivity contribution in [3.8, 4) is 0 Å². The number of hydrogen-bond acceptors (Lipinski definition) is 3. The van der Waals surface area contributed by atoms with Gasteiger partial charge in [-0.3, -0.25) is 9.59 Å². The summed E-state index contributed by atoms with van der Waals surface area (Å²) in [7, 11) is 0. The quantitative estimate of drug-likeness (QED) is 0.787. The maximum Gasteiger partial charge on any atom is 0.267 e. The molecule has 2 amide bonds. The molecule has 0 aromatic heterocycles. The van der Waals surface area contributed by atoms with Crippen LogP contribution in [-0.2, 0) is 9.59 Å². The summed E-state index contributed by atoms with van der Waals surface area (Å²) in [6.07, 6.45) is 5.19. The zero-order valence-corrected chi connectivity index (χ0v) is 13.0. The van der Waals surface area contributed by atoms with Crippen LogP contribution in [0, 0.1) is 0 Å². The molecule has 1 aromatic rings. The lowest BCUT2D eigenvalue weighted by molar-refractivity contribution is -0.118. The number of anilines is 1. The Labute approximate surface area is 131 Å². The van der Waals surface area contributed by atoms with Gasteiger partial charge in [-0.1, -0.05) is 44.4 Å². The molecule has 0 aliphatic carbocycles. The van der Waals surface area contributed by atoms with Gasteiger partial charge in [-0.15, -0.1) is 0 Å². The Balaban J connectivity index is 1.95. The van der Waals surface area contributed by atoms with Gasteiger partial charge >= 0.3 is 0 Å². The molecule has 0 spiro atoms. The smallest absolute Gasteiger partial charge is 0.267 e. The molecular weight excluding hydrogens is 278 g/mol. The Morgan fingerprint density at radius 2 is 1.95 bits per heavy atom. The molecule has 5 heteroatoms. The van der Waals surface area contributed by atoms with Crippen molar-refractivity contribution < 1.29 is 9.59 Å². The summed E-state index contributed by atoms with van der Waals surface area (Å²) in [6.45, 7) is 2.82. The van der Waals surface area contributed by atoms with E-state index in [2.05, 4.69) is 17.3 Å². The van der Waals surface area contributed by atoms with Crippen LogP contribution in [0.5, 0.6) is 0 Å². The van der Waals surface area contributed by atoms with Gasteiger partial charge in [0.1, 0.15) is 5.71 Å². The number of carbonyl (C=O) groups is 2. The van der Waals surface area contributed by atoms with Gasteiger partial charge in [0.15, 0.2) is 0 Å². The topological polar surface area (TPSA) is 61.8 Å². The highest BCUT2D eigenvalue weighted by molar-refractivity contribution is 6.40. The summed E-state index contributed by atoms with van der Waals surface area (Å²) in [5, 5.41) is 8.46. The number of nitrogens with one attached hydrogen (secondary N) is 1. The normalized spacial score (nSPS) is 14.7. The summed E-state index contributed by atoms with van der Waals surface area (Å²) in [5.74, 6) is -0.240. The number of hydrazone groups is 1. The second-order valence-corrected chi connectivity index (χ2v) is 5.40. The van der Waals surface area contributed by atoms with E-state index in [9.17, 15) is 9.59 Å². The van der Waals surface area contributed by atoms with E-state index in [4.69, 9.17) is 0 Å². The summed E-state index contributed by atoms with van der Waals surface area (Å²) in [4.78, 5) is 24.1. The van der Waals surface area contributed by atoms with Crippen LogP contribution in [0.25, 0.3) is 0 Å². The van der Waals surface area contributed by atoms with E-state index in [1.54, 1.807) is 0 Å². The van der Waals surface area contributed by atoms with Crippen molar-refractivity contribution in [2.45, 2.75) is 45.4 Å². The van der Waals surface area contributed by atoms with E-state index in [0.717, 1.165) is 12.8 Å². The van der Waals surface area contributed by atoms with Crippen LogP contribution in [0.3, 0.4) is 0 Å². The molecule has 1 aliphatic heterocycles. The van der Waals surface area contributed by atoms with Crippen LogP contribution >= 0.6 is 0 Å². The maximum absolute atomic E-state index is 12.1. The fraction of sp³-hybridized carbons (Fsp3) is 0.471. The SMILES string of the molecule is CCCCCCNC(=O)C1=NN(c2ccccc2)C(=O)CC1. The van der Waals surface area contributed by atoms with E-state index in [-0.39, 0.29) is 11.8 Å². The van der Waals surface area contributed by atoms with Crippen LogP contribution < -0.4 is 10.3 Å². The molecule has 1 N–H and O–H groups in total. The molecule has 118 valence electrons. The fourth-order valence-corrected chi connectivity index (χ4v) is 2.34. The molecule has 5 nitrogen and oxygen atoms in total. The largest absolute Gasteiger partial charge is 0.351 e. The van der Waals surface area contributed by atoms with Gasteiger partial charge < -0.3 is 5.32 Å². The molecular formula is C17H23N3O2. The lowest BCUT2D eigenvalue weighted by atomic mass is 10.1. The third-order valence-corrected chi connectivity index (χ3v) is 3.61. The lowest BCUT2D eigenvalue weighted by Crippen LogP contribution is -2.39.